The van der Waals surface area contributed by atoms with E-state index in [4.69, 9.17) is 0 Å². The Labute approximate surface area is 169 Å². The fourth-order valence-corrected chi connectivity index (χ4v) is 4.40. The zero-order valence-electron chi connectivity index (χ0n) is 16.0. The number of carbonyl (C=O) groups is 2. The Morgan fingerprint density at radius 3 is 2.50 bits per heavy atom. The molecule has 0 spiro atoms. The smallest absolute Gasteiger partial charge is 0.264 e. The van der Waals surface area contributed by atoms with Crippen LogP contribution in [0.15, 0.2) is 59.1 Å². The number of aryl methyl sites for hydroxylation is 2. The van der Waals surface area contributed by atoms with Crippen molar-refractivity contribution in [1.82, 2.24) is 5.32 Å². The fraction of sp³-hybridized carbons (Fsp3) is 0.227. The van der Waals surface area contributed by atoms with Crippen molar-refractivity contribution in [3.8, 4) is 6.07 Å². The van der Waals surface area contributed by atoms with Crippen LogP contribution in [0.2, 0.25) is 0 Å². The molecule has 3 rings (SSSR count). The molecule has 0 saturated carbocycles. The average molecular weight is 391 g/mol. The van der Waals surface area contributed by atoms with E-state index in [1.165, 1.54) is 23.7 Å². The second-order valence-electron chi connectivity index (χ2n) is 6.68. The van der Waals surface area contributed by atoms with Gasteiger partial charge in [-0.1, -0.05) is 59.3 Å². The molecule has 1 fully saturated rings. The van der Waals surface area contributed by atoms with Crippen LogP contribution in [-0.2, 0) is 16.0 Å². The number of thioether (sulfide) groups is 1. The zero-order chi connectivity index (χ0) is 20.3. The third-order valence-electron chi connectivity index (χ3n) is 4.53. The van der Waals surface area contributed by atoms with Gasteiger partial charge < -0.3 is 5.32 Å². The first kappa shape index (κ1) is 19.7. The van der Waals surface area contributed by atoms with Crippen molar-refractivity contribution < 1.29 is 9.59 Å². The first-order chi connectivity index (χ1) is 13.4. The van der Waals surface area contributed by atoms with Crippen LogP contribution in [0.1, 0.15) is 16.7 Å². The number of hydrogen-bond acceptors (Lipinski definition) is 4. The van der Waals surface area contributed by atoms with Crippen molar-refractivity contribution in [2.45, 2.75) is 25.5 Å². The minimum atomic E-state index is -0.494. The molecule has 142 valence electrons. The lowest BCUT2D eigenvalue weighted by atomic mass is 10.1. The Kier molecular flexibility index (Phi) is 5.86. The molecule has 1 unspecified atom stereocenters. The van der Waals surface area contributed by atoms with E-state index < -0.39 is 11.2 Å². The highest BCUT2D eigenvalue weighted by atomic mass is 32.2. The van der Waals surface area contributed by atoms with E-state index in [0.717, 1.165) is 16.7 Å². The van der Waals surface area contributed by atoms with Crippen molar-refractivity contribution in [3.05, 3.63) is 75.8 Å². The molecule has 1 heterocycles. The maximum atomic E-state index is 13.3. The Bertz CT molecular complexity index is 990. The van der Waals surface area contributed by atoms with Gasteiger partial charge in [-0.25, -0.2) is 0 Å². The molecular formula is C22H21N3O2S. The molecule has 1 atom stereocenters. The molecule has 2 aromatic carbocycles. The van der Waals surface area contributed by atoms with E-state index in [9.17, 15) is 14.9 Å². The number of hydrogen-bond donors (Lipinski definition) is 1. The molecule has 5 nitrogen and oxygen atoms in total. The minimum Gasteiger partial charge on any atom is -0.354 e. The summed E-state index contributed by atoms with van der Waals surface area (Å²) in [4.78, 5) is 27.0. The minimum absolute atomic E-state index is 0.0480. The van der Waals surface area contributed by atoms with E-state index in [-0.39, 0.29) is 11.5 Å². The van der Waals surface area contributed by atoms with Crippen molar-refractivity contribution in [2.24, 2.45) is 0 Å². The highest BCUT2D eigenvalue weighted by molar-refractivity contribution is 8.05. The summed E-state index contributed by atoms with van der Waals surface area (Å²) in [7, 11) is 1.47. The Morgan fingerprint density at radius 2 is 1.89 bits per heavy atom. The van der Waals surface area contributed by atoms with Crippen LogP contribution in [-0.4, -0.2) is 24.1 Å². The summed E-state index contributed by atoms with van der Waals surface area (Å²) in [5.41, 5.74) is 3.85. The van der Waals surface area contributed by atoms with E-state index in [2.05, 4.69) is 11.4 Å². The number of nitrogens with one attached hydrogen (secondary N) is 1. The summed E-state index contributed by atoms with van der Waals surface area (Å²) in [5.74, 6) is -0.617. The Morgan fingerprint density at radius 1 is 1.18 bits per heavy atom. The van der Waals surface area contributed by atoms with Crippen molar-refractivity contribution >= 4 is 29.3 Å². The number of amides is 2. The molecular weight excluding hydrogens is 370 g/mol. The summed E-state index contributed by atoms with van der Waals surface area (Å²) >= 11 is 1.28. The molecule has 0 radical (unpaired) electrons. The van der Waals surface area contributed by atoms with Gasteiger partial charge in [0.2, 0.25) is 5.91 Å². The molecule has 2 aromatic rings. The first-order valence-electron chi connectivity index (χ1n) is 8.94. The van der Waals surface area contributed by atoms with Gasteiger partial charge >= 0.3 is 0 Å². The zero-order valence-corrected chi connectivity index (χ0v) is 16.8. The van der Waals surface area contributed by atoms with Gasteiger partial charge in [-0.15, -0.1) is 0 Å². The van der Waals surface area contributed by atoms with E-state index in [0.29, 0.717) is 17.1 Å². The van der Waals surface area contributed by atoms with Gasteiger partial charge in [-0.3, -0.25) is 14.5 Å². The molecule has 1 aliphatic rings. The van der Waals surface area contributed by atoms with Gasteiger partial charge in [-0.05, 0) is 38.0 Å². The van der Waals surface area contributed by atoms with E-state index >= 15 is 0 Å². The Hall–Kier alpha value is -3.04. The largest absolute Gasteiger partial charge is 0.354 e. The van der Waals surface area contributed by atoms with Crippen molar-refractivity contribution in [2.75, 3.05) is 11.9 Å². The van der Waals surface area contributed by atoms with Crippen LogP contribution in [0.5, 0.6) is 0 Å². The molecule has 6 heteroatoms. The summed E-state index contributed by atoms with van der Waals surface area (Å²) in [5, 5.41) is 12.1. The fourth-order valence-electron chi connectivity index (χ4n) is 3.09. The molecule has 0 aliphatic carbocycles. The maximum Gasteiger partial charge on any atom is 0.264 e. The van der Waals surface area contributed by atoms with Gasteiger partial charge in [0.25, 0.3) is 5.91 Å². The monoisotopic (exact) mass is 391 g/mol. The van der Waals surface area contributed by atoms with Crippen LogP contribution < -0.4 is 10.2 Å². The molecule has 1 N–H and O–H groups in total. The third kappa shape index (κ3) is 3.95. The van der Waals surface area contributed by atoms with Gasteiger partial charge in [0.1, 0.15) is 16.7 Å². The van der Waals surface area contributed by atoms with E-state index in [1.807, 2.05) is 62.4 Å². The van der Waals surface area contributed by atoms with Gasteiger partial charge in [0.15, 0.2) is 0 Å². The predicted octanol–water partition coefficient (Wildman–Crippen LogP) is 3.48. The molecule has 1 aliphatic heterocycles. The SMILES string of the molecule is CNC(=O)/C(C#N)=C1\SC(Cc2cccc(C)c2)C(=O)N1c1ccc(C)cc1. The molecule has 28 heavy (non-hydrogen) atoms. The molecule has 1 saturated heterocycles. The van der Waals surface area contributed by atoms with E-state index in [1.54, 1.807) is 0 Å². The number of nitrogens with zero attached hydrogens (tertiary/aromatic N) is 2. The summed E-state index contributed by atoms with van der Waals surface area (Å²) in [6, 6.07) is 17.5. The summed E-state index contributed by atoms with van der Waals surface area (Å²) in [6.07, 6.45) is 0.531. The Balaban J connectivity index is 2.04. The van der Waals surface area contributed by atoms with Crippen LogP contribution in [0.25, 0.3) is 0 Å². The predicted molar refractivity (Wildman–Crippen MR) is 112 cm³/mol. The highest BCUT2D eigenvalue weighted by Gasteiger charge is 2.40. The lowest BCUT2D eigenvalue weighted by molar-refractivity contribution is -0.117. The molecule has 2 amide bonds. The quantitative estimate of drug-likeness (QED) is 0.640. The number of nitriles is 1. The van der Waals surface area contributed by atoms with Crippen molar-refractivity contribution in [3.63, 3.8) is 0 Å². The van der Waals surface area contributed by atoms with Crippen LogP contribution in [0.3, 0.4) is 0 Å². The maximum absolute atomic E-state index is 13.3. The van der Waals surface area contributed by atoms with Crippen LogP contribution in [0.4, 0.5) is 5.69 Å². The second kappa shape index (κ2) is 8.32. The van der Waals surface area contributed by atoms with Gasteiger partial charge in [0.05, 0.1) is 5.25 Å². The standard InChI is InChI=1S/C22H21N3O2S/c1-14-7-9-17(10-8-14)25-21(27)19(12-16-6-4-5-15(2)11-16)28-22(25)18(13-23)20(26)24-3/h4-11,19H,12H2,1-3H3,(H,24,26)/b22-18-. The average Bonchev–Trinajstić information content (AvgIpc) is 2.99. The number of likely N-dealkylation sites (N-methyl/N-ethyl adjacent to an activating group) is 1. The lowest BCUT2D eigenvalue weighted by Crippen LogP contribution is -2.31. The number of anilines is 1. The summed E-state index contributed by atoms with van der Waals surface area (Å²) in [6.45, 7) is 3.98. The lowest BCUT2D eigenvalue weighted by Gasteiger charge is -2.18. The normalized spacial score (nSPS) is 18.0. The van der Waals surface area contributed by atoms with Gasteiger partial charge in [0, 0.05) is 12.7 Å². The second-order valence-corrected chi connectivity index (χ2v) is 7.87. The summed E-state index contributed by atoms with van der Waals surface area (Å²) < 4.78 is 0. The first-order valence-corrected chi connectivity index (χ1v) is 9.82. The topological polar surface area (TPSA) is 73.2 Å². The van der Waals surface area contributed by atoms with Crippen LogP contribution >= 0.6 is 11.8 Å². The third-order valence-corrected chi connectivity index (χ3v) is 5.79. The number of benzene rings is 2. The van der Waals surface area contributed by atoms with Crippen molar-refractivity contribution in [1.29, 1.82) is 5.26 Å². The highest BCUT2D eigenvalue weighted by Crippen LogP contribution is 2.41. The van der Waals surface area contributed by atoms with Crippen LogP contribution in [0, 0.1) is 25.2 Å². The van der Waals surface area contributed by atoms with Gasteiger partial charge in [-0.2, -0.15) is 5.26 Å². The molecule has 0 aromatic heterocycles. The number of rotatable bonds is 4. The number of carbonyl (C=O) groups excluding carboxylic acids is 2. The molecule has 0 bridgehead atoms.